The monoisotopic (exact) mass is 614 g/mol. The summed E-state index contributed by atoms with van der Waals surface area (Å²) in [5.74, 6) is -0.624. The zero-order valence-corrected chi connectivity index (χ0v) is 26.3. The number of benzene rings is 1. The van der Waals surface area contributed by atoms with E-state index in [-0.39, 0.29) is 29.3 Å². The molecule has 4 rings (SSSR count). The Bertz CT molecular complexity index is 1310. The lowest BCUT2D eigenvalue weighted by Crippen LogP contribution is -2.58. The highest BCUT2D eigenvalue weighted by molar-refractivity contribution is 7.90. The molecule has 232 valence electrons. The first-order valence-corrected chi connectivity index (χ1v) is 18.0. The topological polar surface area (TPSA) is 148 Å². The van der Waals surface area contributed by atoms with Gasteiger partial charge in [-0.05, 0) is 55.6 Å². The van der Waals surface area contributed by atoms with Crippen molar-refractivity contribution in [2.24, 2.45) is 16.7 Å². The van der Waals surface area contributed by atoms with Gasteiger partial charge >= 0.3 is 0 Å². The number of aryl methyl sites for hydroxylation is 1. The number of sulfonamides is 1. The van der Waals surface area contributed by atoms with Crippen LogP contribution in [-0.4, -0.2) is 112 Å². The first-order valence-electron chi connectivity index (χ1n) is 14.4. The van der Waals surface area contributed by atoms with Crippen molar-refractivity contribution in [2.45, 2.75) is 58.5 Å². The number of carbonyl (C=O) groups excluding carboxylic acids is 1. The maximum Gasteiger partial charge on any atom is 0.237 e. The number of aliphatic hydroxyl groups excluding tert-OH is 2. The highest BCUT2D eigenvalue weighted by Gasteiger charge is 2.66. The van der Waals surface area contributed by atoms with E-state index < -0.39 is 56.7 Å². The Labute approximate surface area is 244 Å². The molecule has 1 heterocycles. The molecule has 3 fully saturated rings. The van der Waals surface area contributed by atoms with Gasteiger partial charge in [0.1, 0.15) is 9.84 Å². The molecule has 1 aromatic rings. The number of hydrogen-bond acceptors (Lipinski definition) is 9. The van der Waals surface area contributed by atoms with Crippen LogP contribution in [-0.2, 0) is 24.7 Å². The Kier molecular flexibility index (Phi) is 9.47. The van der Waals surface area contributed by atoms with Crippen molar-refractivity contribution >= 4 is 31.5 Å². The fourth-order valence-corrected chi connectivity index (χ4v) is 10.4. The summed E-state index contributed by atoms with van der Waals surface area (Å²) in [6.07, 6.45) is 3.15. The van der Waals surface area contributed by atoms with Crippen molar-refractivity contribution < 1.29 is 31.8 Å². The number of carbonyl (C=O) groups is 1. The molecule has 11 nitrogen and oxygen atoms in total. The number of hydrogen-bond donors (Lipinski definition) is 3. The number of aliphatic hydroxyl groups is 2. The summed E-state index contributed by atoms with van der Waals surface area (Å²) in [6, 6.07) is 6.60. The molecule has 0 spiro atoms. The molecule has 3 aliphatic rings. The molecule has 4 atom stereocenters. The number of rotatable bonds is 12. The van der Waals surface area contributed by atoms with Crippen LogP contribution in [0, 0.1) is 23.7 Å². The van der Waals surface area contributed by atoms with Gasteiger partial charge in [0.15, 0.2) is 0 Å². The van der Waals surface area contributed by atoms with Crippen LogP contribution in [0.15, 0.2) is 24.3 Å². The molecule has 3 N–H and O–H groups in total. The molecule has 1 aliphatic heterocycles. The van der Waals surface area contributed by atoms with Crippen molar-refractivity contribution in [3.05, 3.63) is 29.8 Å². The number of piperazine rings is 1. The molecule has 2 saturated carbocycles. The van der Waals surface area contributed by atoms with Gasteiger partial charge in [0.05, 0.1) is 31.0 Å². The van der Waals surface area contributed by atoms with Crippen LogP contribution >= 0.6 is 0 Å². The van der Waals surface area contributed by atoms with E-state index in [9.17, 15) is 31.8 Å². The third-order valence-electron chi connectivity index (χ3n) is 10.1. The first kappa shape index (κ1) is 32.2. The Hall–Kier alpha value is -1.77. The second kappa shape index (κ2) is 12.1. The van der Waals surface area contributed by atoms with E-state index in [0.29, 0.717) is 39.0 Å². The van der Waals surface area contributed by atoms with E-state index in [1.807, 2.05) is 12.1 Å². The summed E-state index contributed by atoms with van der Waals surface area (Å²) in [5.41, 5.74) is 1.24. The lowest BCUT2D eigenvalue weighted by atomic mass is 9.69. The number of anilines is 1. The predicted molar refractivity (Wildman–Crippen MR) is 158 cm³/mol. The van der Waals surface area contributed by atoms with E-state index in [0.717, 1.165) is 28.8 Å². The van der Waals surface area contributed by atoms with Gasteiger partial charge in [0.2, 0.25) is 15.9 Å². The number of nitrogens with one attached hydrogen (secondary N) is 1. The highest BCUT2D eigenvalue weighted by atomic mass is 32.2. The van der Waals surface area contributed by atoms with E-state index in [1.54, 1.807) is 4.31 Å². The lowest BCUT2D eigenvalue weighted by Gasteiger charge is -2.45. The standard InChI is InChI=1S/C28H46N4O7S2/c1-21-7-5-6-8-23(21)30-12-14-32(15-13-30)41(38,39)18-28-11-9-22(27(28,2)3)17-25(28)29-26(35)24(31(19-33)20-34)10-16-40(4,36)37/h5-8,22,24-25,33-34H,9-20H2,1-4H3,(H,29,35)/t22?,24-,25-,28+/m0/s1. The molecule has 0 aromatic heterocycles. The van der Waals surface area contributed by atoms with Gasteiger partial charge in [-0.1, -0.05) is 32.0 Å². The minimum atomic E-state index is -3.66. The zero-order valence-electron chi connectivity index (χ0n) is 24.6. The molecular formula is C28H46N4O7S2. The molecule has 13 heteroatoms. The summed E-state index contributed by atoms with van der Waals surface area (Å²) < 4.78 is 53.1. The Morgan fingerprint density at radius 1 is 1.10 bits per heavy atom. The summed E-state index contributed by atoms with van der Waals surface area (Å²) in [6.45, 7) is 6.99. The summed E-state index contributed by atoms with van der Waals surface area (Å²) in [5, 5.41) is 22.5. The smallest absolute Gasteiger partial charge is 0.237 e. The number of para-hydroxylation sites is 1. The molecular weight excluding hydrogens is 568 g/mol. The van der Waals surface area contributed by atoms with Crippen LogP contribution in [0.2, 0.25) is 0 Å². The van der Waals surface area contributed by atoms with Gasteiger partial charge in [-0.3, -0.25) is 4.79 Å². The maximum atomic E-state index is 14.0. The van der Waals surface area contributed by atoms with Crippen LogP contribution in [0.4, 0.5) is 5.69 Å². The summed E-state index contributed by atoms with van der Waals surface area (Å²) in [4.78, 5) is 16.9. The number of fused-ring (bicyclic) bond motifs is 2. The van der Waals surface area contributed by atoms with Crippen molar-refractivity contribution in [1.82, 2.24) is 14.5 Å². The van der Waals surface area contributed by atoms with Crippen molar-refractivity contribution in [1.29, 1.82) is 0 Å². The number of amides is 1. The van der Waals surface area contributed by atoms with Crippen LogP contribution in [0.5, 0.6) is 0 Å². The fraction of sp³-hybridized carbons (Fsp3) is 0.750. The van der Waals surface area contributed by atoms with E-state index in [1.165, 1.54) is 0 Å². The minimum Gasteiger partial charge on any atom is -0.381 e. The first-order chi connectivity index (χ1) is 19.1. The van der Waals surface area contributed by atoms with Crippen molar-refractivity contribution in [3.63, 3.8) is 0 Å². The Morgan fingerprint density at radius 3 is 2.29 bits per heavy atom. The highest BCUT2D eigenvalue weighted by Crippen LogP contribution is 2.66. The van der Waals surface area contributed by atoms with Crippen LogP contribution in [0.3, 0.4) is 0 Å². The normalized spacial score (nSPS) is 27.3. The van der Waals surface area contributed by atoms with Gasteiger partial charge in [-0.25, -0.2) is 21.7 Å². The second-order valence-corrected chi connectivity index (χ2v) is 16.9. The third-order valence-corrected chi connectivity index (χ3v) is 13.2. The van der Waals surface area contributed by atoms with Crippen LogP contribution in [0.25, 0.3) is 0 Å². The average molecular weight is 615 g/mol. The van der Waals surface area contributed by atoms with Crippen LogP contribution in [0.1, 0.15) is 45.1 Å². The summed E-state index contributed by atoms with van der Waals surface area (Å²) >= 11 is 0. The number of sulfone groups is 1. The van der Waals surface area contributed by atoms with Gasteiger partial charge in [-0.15, -0.1) is 0 Å². The van der Waals surface area contributed by atoms with Gasteiger partial charge < -0.3 is 20.4 Å². The maximum absolute atomic E-state index is 14.0. The predicted octanol–water partition coefficient (Wildman–Crippen LogP) is 0.763. The molecule has 41 heavy (non-hydrogen) atoms. The largest absolute Gasteiger partial charge is 0.381 e. The Balaban J connectivity index is 1.51. The van der Waals surface area contributed by atoms with Crippen molar-refractivity contribution in [2.75, 3.05) is 62.3 Å². The SMILES string of the molecule is Cc1ccccc1N1CCN(S(=O)(=O)C[C@]23CCC(C[C@@H]2NC(=O)[C@H](CCS(C)(=O)=O)N(CO)CO)C3(C)C)CC1. The third kappa shape index (κ3) is 6.45. The molecule has 1 unspecified atom stereocenters. The fourth-order valence-electron chi connectivity index (χ4n) is 7.48. The summed E-state index contributed by atoms with van der Waals surface area (Å²) in [7, 11) is -7.04. The zero-order chi connectivity index (χ0) is 30.2. The lowest BCUT2D eigenvalue weighted by molar-refractivity contribution is -0.132. The van der Waals surface area contributed by atoms with Crippen molar-refractivity contribution in [3.8, 4) is 0 Å². The average Bonchev–Trinajstić information content (AvgIpc) is 3.25. The molecule has 1 amide bonds. The molecule has 1 aromatic carbocycles. The Morgan fingerprint density at radius 2 is 1.73 bits per heavy atom. The second-order valence-electron chi connectivity index (χ2n) is 12.6. The van der Waals surface area contributed by atoms with E-state index >= 15 is 0 Å². The molecule has 1 saturated heterocycles. The van der Waals surface area contributed by atoms with Gasteiger partial charge in [0, 0.05) is 49.6 Å². The molecule has 0 radical (unpaired) electrons. The number of nitrogens with zero attached hydrogens (tertiary/aromatic N) is 3. The van der Waals surface area contributed by atoms with Gasteiger partial charge in [-0.2, -0.15) is 4.31 Å². The van der Waals surface area contributed by atoms with E-state index in [2.05, 4.69) is 43.1 Å². The quantitative estimate of drug-likeness (QED) is 0.290. The van der Waals surface area contributed by atoms with E-state index in [4.69, 9.17) is 0 Å². The molecule has 2 aliphatic carbocycles. The minimum absolute atomic E-state index is 0.0729. The van der Waals surface area contributed by atoms with Gasteiger partial charge in [0.25, 0.3) is 0 Å². The molecule has 2 bridgehead atoms. The van der Waals surface area contributed by atoms with Crippen LogP contribution < -0.4 is 10.2 Å².